The molecular weight excluding hydrogens is 857 g/mol. The second-order valence-electron chi connectivity index (χ2n) is 22.8. The molecule has 2 unspecified atom stereocenters. The Hall–Kier alpha value is -6.90. The van der Waals surface area contributed by atoms with Crippen LogP contribution in [-0.4, -0.2) is 0 Å². The van der Waals surface area contributed by atoms with Crippen molar-refractivity contribution in [1.29, 1.82) is 0 Å². The highest BCUT2D eigenvalue weighted by Crippen LogP contribution is 2.66. The van der Waals surface area contributed by atoms with Crippen LogP contribution in [-0.2, 0) is 35.5 Å². The fraction of sp³-hybridized carbons (Fsp3) is 0.275. The number of fused-ring (bicyclic) bond motifs is 4. The first-order chi connectivity index (χ1) is 34.7. The SMILES string of the molecule is C=Cc1ccc(C23CC4CC(C2)CC(c2ccc(N(c5ccc(CCCC)cc5)c5ccc(N(c6ccccc6)c6ccc7c(c6)C(C)(C)c6cc(-c8ccc9c(c8)CC9)ccc6-7)cc5)cc2)(C4)C3)cc1. The van der Waals surface area contributed by atoms with Gasteiger partial charge in [0, 0.05) is 39.5 Å². The van der Waals surface area contributed by atoms with Crippen molar-refractivity contribution in [3.8, 4) is 22.3 Å². The van der Waals surface area contributed by atoms with Crippen molar-refractivity contribution in [2.45, 2.75) is 108 Å². The molecule has 6 aliphatic carbocycles. The Kier molecular flexibility index (Phi) is 10.6. The van der Waals surface area contributed by atoms with Gasteiger partial charge in [0.15, 0.2) is 0 Å². The summed E-state index contributed by atoms with van der Waals surface area (Å²) in [5.74, 6) is 1.60. The third-order valence-corrected chi connectivity index (χ3v) is 18.1. The molecule has 352 valence electrons. The van der Waals surface area contributed by atoms with E-state index >= 15 is 0 Å². The second kappa shape index (κ2) is 17.2. The Labute approximate surface area is 422 Å². The van der Waals surface area contributed by atoms with Crippen molar-refractivity contribution < 1.29 is 0 Å². The van der Waals surface area contributed by atoms with E-state index in [2.05, 4.69) is 219 Å². The predicted octanol–water partition coefficient (Wildman–Crippen LogP) is 18.5. The van der Waals surface area contributed by atoms with Gasteiger partial charge in [-0.3, -0.25) is 0 Å². The minimum absolute atomic E-state index is 0.153. The minimum Gasteiger partial charge on any atom is -0.311 e. The molecule has 4 saturated carbocycles. The molecule has 6 aliphatic rings. The van der Waals surface area contributed by atoms with Gasteiger partial charge < -0.3 is 9.80 Å². The minimum atomic E-state index is -0.153. The number of benzene rings is 8. The fourth-order valence-electron chi connectivity index (χ4n) is 14.7. The van der Waals surface area contributed by atoms with E-state index in [1.54, 1.807) is 5.56 Å². The monoisotopic (exact) mass is 923 g/mol. The zero-order chi connectivity index (χ0) is 47.9. The highest BCUT2D eigenvalue weighted by atomic mass is 15.2. The van der Waals surface area contributed by atoms with E-state index in [9.17, 15) is 0 Å². The summed E-state index contributed by atoms with van der Waals surface area (Å²) >= 11 is 0. The number of para-hydroxylation sites is 1. The molecule has 0 N–H and O–H groups in total. The van der Waals surface area contributed by atoms with E-state index in [0.29, 0.717) is 0 Å². The van der Waals surface area contributed by atoms with Crippen LogP contribution in [0, 0.1) is 11.8 Å². The van der Waals surface area contributed by atoms with Gasteiger partial charge in [0.25, 0.3) is 0 Å². The molecule has 8 aromatic rings. The number of aryl methyl sites for hydroxylation is 3. The molecule has 0 radical (unpaired) electrons. The lowest BCUT2D eigenvalue weighted by molar-refractivity contribution is -0.0281. The van der Waals surface area contributed by atoms with Gasteiger partial charge in [-0.2, -0.15) is 0 Å². The normalized spacial score (nSPS) is 21.7. The molecule has 4 bridgehead atoms. The predicted molar refractivity (Wildman–Crippen MR) is 299 cm³/mol. The summed E-state index contributed by atoms with van der Waals surface area (Å²) in [5, 5.41) is 0. The Morgan fingerprint density at radius 1 is 0.507 bits per heavy atom. The van der Waals surface area contributed by atoms with Crippen LogP contribution in [0.15, 0.2) is 189 Å². The zero-order valence-corrected chi connectivity index (χ0v) is 41.9. The van der Waals surface area contributed by atoms with Crippen LogP contribution in [0.4, 0.5) is 34.1 Å². The molecule has 71 heavy (non-hydrogen) atoms. The van der Waals surface area contributed by atoms with Crippen LogP contribution >= 0.6 is 0 Å². The number of nitrogens with zero attached hydrogens (tertiary/aromatic N) is 2. The summed E-state index contributed by atoms with van der Waals surface area (Å²) in [4.78, 5) is 4.90. The first-order valence-corrected chi connectivity index (χ1v) is 26.8. The van der Waals surface area contributed by atoms with Crippen LogP contribution in [0.1, 0.15) is 117 Å². The van der Waals surface area contributed by atoms with Crippen molar-refractivity contribution in [1.82, 2.24) is 0 Å². The van der Waals surface area contributed by atoms with Crippen molar-refractivity contribution in [3.63, 3.8) is 0 Å². The topological polar surface area (TPSA) is 6.48 Å². The Morgan fingerprint density at radius 3 is 1.58 bits per heavy atom. The molecule has 0 saturated heterocycles. The van der Waals surface area contributed by atoms with Gasteiger partial charge >= 0.3 is 0 Å². The third-order valence-electron chi connectivity index (χ3n) is 18.1. The number of hydrogen-bond donors (Lipinski definition) is 0. The summed E-state index contributed by atoms with van der Waals surface area (Å²) in [6, 6.07) is 70.2. The van der Waals surface area contributed by atoms with Crippen molar-refractivity contribution in [2.75, 3.05) is 9.80 Å². The Morgan fingerprint density at radius 2 is 1.00 bits per heavy atom. The molecule has 0 spiro atoms. The second-order valence-corrected chi connectivity index (χ2v) is 22.8. The molecule has 0 aromatic heterocycles. The van der Waals surface area contributed by atoms with Crippen molar-refractivity contribution >= 4 is 40.2 Å². The first kappa shape index (κ1) is 44.1. The van der Waals surface area contributed by atoms with Gasteiger partial charge in [-0.05, 0) is 232 Å². The number of anilines is 6. The molecule has 2 heteroatoms. The summed E-state index contributed by atoms with van der Waals surface area (Å²) in [7, 11) is 0. The third kappa shape index (κ3) is 7.51. The van der Waals surface area contributed by atoms with Gasteiger partial charge in [-0.25, -0.2) is 0 Å². The number of unbranched alkanes of at least 4 members (excludes halogenated alkanes) is 1. The van der Waals surface area contributed by atoms with Crippen LogP contribution in [0.5, 0.6) is 0 Å². The molecular formula is C69H66N2. The van der Waals surface area contributed by atoms with Crippen LogP contribution in [0.2, 0.25) is 0 Å². The molecule has 4 fully saturated rings. The van der Waals surface area contributed by atoms with E-state index in [1.165, 1.54) is 142 Å². The van der Waals surface area contributed by atoms with E-state index < -0.39 is 0 Å². The molecule has 8 aromatic carbocycles. The van der Waals surface area contributed by atoms with Crippen molar-refractivity contribution in [3.05, 3.63) is 233 Å². The molecule has 0 amide bonds. The number of hydrogen-bond acceptors (Lipinski definition) is 2. The standard InChI is InChI=1S/C69H66N2/c1-5-7-11-48-16-27-58(28-17-48)70(59-29-25-56(26-30-59)69-44-49-38-50(45-69)43-68(42-49,46-69)55-23-14-47(6-2)15-24-55)60-31-33-61(34-32-60)71(57-12-9-8-10-13-57)62-35-37-64-63-36-22-54(40-65(63)67(3,4)66(64)41-62)53-21-19-51-18-20-52(51)39-53/h6,8-10,12-17,19,21-37,39-41,49-50H,2,5,7,11,18,20,38,42-46H2,1,3-4H3. The number of rotatable bonds is 13. The van der Waals surface area contributed by atoms with E-state index in [1.807, 2.05) is 6.08 Å². The van der Waals surface area contributed by atoms with E-state index in [0.717, 1.165) is 35.3 Å². The largest absolute Gasteiger partial charge is 0.311 e. The lowest BCUT2D eigenvalue weighted by Gasteiger charge is -2.63. The molecule has 2 nitrogen and oxygen atoms in total. The maximum absolute atomic E-state index is 4.04. The van der Waals surface area contributed by atoms with Gasteiger partial charge in [0.05, 0.1) is 0 Å². The summed E-state index contributed by atoms with van der Waals surface area (Å²) in [6.07, 6.45) is 15.9. The lowest BCUT2D eigenvalue weighted by Crippen LogP contribution is -2.55. The highest BCUT2D eigenvalue weighted by Gasteiger charge is 2.58. The average molecular weight is 923 g/mol. The first-order valence-electron chi connectivity index (χ1n) is 26.8. The Bertz CT molecular complexity index is 3270. The van der Waals surface area contributed by atoms with Crippen molar-refractivity contribution in [2.24, 2.45) is 11.8 Å². The summed E-state index contributed by atoms with van der Waals surface area (Å²) in [6.45, 7) is 11.1. The smallest absolute Gasteiger partial charge is 0.0465 e. The summed E-state index contributed by atoms with van der Waals surface area (Å²) in [5.41, 5.74) is 24.2. The Balaban J connectivity index is 0.838. The maximum atomic E-state index is 4.04. The van der Waals surface area contributed by atoms with Gasteiger partial charge in [0.2, 0.25) is 0 Å². The van der Waals surface area contributed by atoms with Crippen LogP contribution in [0.25, 0.3) is 28.3 Å². The maximum Gasteiger partial charge on any atom is 0.0465 e. The lowest BCUT2D eigenvalue weighted by atomic mass is 9.42. The fourth-order valence-corrected chi connectivity index (χ4v) is 14.7. The highest BCUT2D eigenvalue weighted by molar-refractivity contribution is 5.88. The summed E-state index contributed by atoms with van der Waals surface area (Å²) < 4.78 is 0. The van der Waals surface area contributed by atoms with Gasteiger partial charge in [-0.1, -0.05) is 143 Å². The zero-order valence-electron chi connectivity index (χ0n) is 41.9. The quantitative estimate of drug-likeness (QED) is 0.114. The average Bonchev–Trinajstić information content (AvgIpc) is 3.61. The molecule has 0 heterocycles. The van der Waals surface area contributed by atoms with Crippen LogP contribution < -0.4 is 9.80 Å². The molecule has 0 aliphatic heterocycles. The van der Waals surface area contributed by atoms with E-state index in [4.69, 9.17) is 0 Å². The van der Waals surface area contributed by atoms with E-state index in [-0.39, 0.29) is 16.2 Å². The van der Waals surface area contributed by atoms with Crippen LogP contribution in [0.3, 0.4) is 0 Å². The van der Waals surface area contributed by atoms with Gasteiger partial charge in [-0.15, -0.1) is 0 Å². The molecule has 2 atom stereocenters. The molecule has 14 rings (SSSR count). The van der Waals surface area contributed by atoms with Gasteiger partial charge in [0.1, 0.15) is 0 Å².